The van der Waals surface area contributed by atoms with Crippen LogP contribution >= 0.6 is 0 Å². The maximum atomic E-state index is 11.8. The Balaban J connectivity index is 2.11. The molecule has 0 heterocycles. The second-order valence-corrected chi connectivity index (χ2v) is 5.10. The molecule has 0 bridgehead atoms. The van der Waals surface area contributed by atoms with Gasteiger partial charge in [0.1, 0.15) is 0 Å². The van der Waals surface area contributed by atoms with E-state index >= 15 is 0 Å². The number of hydrogen-bond donors (Lipinski definition) is 0. The molecule has 0 spiro atoms. The predicted octanol–water partition coefficient (Wildman–Crippen LogP) is 2.36. The van der Waals surface area contributed by atoms with Gasteiger partial charge in [-0.2, -0.15) is 0 Å². The standard InChI is InChI=1S/C8H8O2.C6H5.Co.O/c1-6-3-2-4-7(5-6)8(9)10;1-2-4-6-5-3-1;;/h2-5H,1H3,(H,9,10);1-5H;;/q;;+1;/p-1. The molecule has 4 heteroatoms. The Morgan fingerprint density at radius 3 is 2.44 bits per heavy atom. The van der Waals surface area contributed by atoms with Crippen molar-refractivity contribution in [3.63, 3.8) is 0 Å². The van der Waals surface area contributed by atoms with Crippen LogP contribution in [-0.2, 0) is 21.6 Å². The summed E-state index contributed by atoms with van der Waals surface area (Å²) in [6.45, 7) is 1.88. The van der Waals surface area contributed by atoms with Crippen LogP contribution in [0.15, 0.2) is 54.6 Å². The Hall–Kier alpha value is -1.78. The Kier molecular flexibility index (Phi) is 4.02. The quantitative estimate of drug-likeness (QED) is 0.870. The van der Waals surface area contributed by atoms with Crippen LogP contribution in [0.2, 0.25) is 0 Å². The summed E-state index contributed by atoms with van der Waals surface area (Å²) in [6, 6.07) is 15.6. The molecule has 95 valence electrons. The Morgan fingerprint density at radius 1 is 1.06 bits per heavy atom. The second-order valence-electron chi connectivity index (χ2n) is 3.69. The summed E-state index contributed by atoms with van der Waals surface area (Å²) in [5.74, 6) is -0.567. The zero-order chi connectivity index (χ0) is 13.0. The van der Waals surface area contributed by atoms with Gasteiger partial charge in [0.25, 0.3) is 0 Å². The van der Waals surface area contributed by atoms with Crippen LogP contribution < -0.4 is 4.50 Å². The molecule has 0 saturated carbocycles. The molecule has 0 aromatic heterocycles. The number of benzene rings is 2. The van der Waals surface area contributed by atoms with Gasteiger partial charge in [0, 0.05) is 0 Å². The van der Waals surface area contributed by atoms with Gasteiger partial charge in [-0.1, -0.05) is 0 Å². The van der Waals surface area contributed by atoms with Crippen molar-refractivity contribution in [2.24, 2.45) is 0 Å². The van der Waals surface area contributed by atoms with Crippen LogP contribution in [0.5, 0.6) is 0 Å². The minimum atomic E-state index is -2.12. The molecule has 0 unspecified atom stereocenters. The normalized spacial score (nSPS) is 10.8. The van der Waals surface area contributed by atoms with Gasteiger partial charge in [-0.25, -0.2) is 0 Å². The third kappa shape index (κ3) is 3.12. The molecule has 2 aromatic carbocycles. The fraction of sp³-hybridized carbons (Fsp3) is 0.0714. The molecule has 3 nitrogen and oxygen atoms in total. The number of carbonyl (C=O) groups excluding carboxylic acids is 1. The van der Waals surface area contributed by atoms with Gasteiger partial charge >= 0.3 is 110 Å². The summed E-state index contributed by atoms with van der Waals surface area (Å²) >= 11 is -2.12. The molecule has 0 saturated heterocycles. The Labute approximate surface area is 110 Å². The number of carbonyl (C=O) groups is 1. The summed E-state index contributed by atoms with van der Waals surface area (Å²) in [5.41, 5.74) is 1.37. The monoisotopic (exact) mass is 287 g/mol. The fourth-order valence-electron chi connectivity index (χ4n) is 1.40. The van der Waals surface area contributed by atoms with E-state index < -0.39 is 19.9 Å². The van der Waals surface area contributed by atoms with E-state index in [-0.39, 0.29) is 0 Å². The second kappa shape index (κ2) is 5.71. The van der Waals surface area contributed by atoms with Gasteiger partial charge in [0.2, 0.25) is 0 Å². The molecular formula is C14H12CoO3. The molecule has 18 heavy (non-hydrogen) atoms. The predicted molar refractivity (Wildman–Crippen MR) is 63.4 cm³/mol. The van der Waals surface area contributed by atoms with Crippen LogP contribution in [0, 0.1) is 6.92 Å². The number of hydrogen-bond acceptors (Lipinski definition) is 3. The Morgan fingerprint density at radius 2 is 1.78 bits per heavy atom. The van der Waals surface area contributed by atoms with E-state index in [2.05, 4.69) is 0 Å². The first kappa shape index (κ1) is 12.7. The van der Waals surface area contributed by atoms with E-state index in [0.717, 1.165) is 5.56 Å². The Bertz CT molecular complexity index is 579. The van der Waals surface area contributed by atoms with Gasteiger partial charge in [-0.15, -0.1) is 0 Å². The van der Waals surface area contributed by atoms with E-state index in [1.54, 1.807) is 42.5 Å². The summed E-state index contributed by atoms with van der Waals surface area (Å²) in [7, 11) is 0. The van der Waals surface area contributed by atoms with Crippen molar-refractivity contribution < 1.29 is 26.4 Å². The van der Waals surface area contributed by atoms with Gasteiger partial charge in [-0.05, 0) is 0 Å². The molecule has 2 rings (SSSR count). The third-order valence-corrected chi connectivity index (χ3v) is 3.48. The molecule has 0 aliphatic carbocycles. The average molecular weight is 287 g/mol. The zero-order valence-corrected chi connectivity index (χ0v) is 10.8. The topological polar surface area (TPSA) is 43.4 Å². The van der Waals surface area contributed by atoms with E-state index in [0.29, 0.717) is 10.1 Å². The summed E-state index contributed by atoms with van der Waals surface area (Å²) in [6.07, 6.45) is 0. The average Bonchev–Trinajstić information content (AvgIpc) is 2.39. The van der Waals surface area contributed by atoms with Gasteiger partial charge in [0.15, 0.2) is 0 Å². The van der Waals surface area contributed by atoms with Crippen molar-refractivity contribution in [1.82, 2.24) is 0 Å². The van der Waals surface area contributed by atoms with Gasteiger partial charge < -0.3 is 0 Å². The van der Waals surface area contributed by atoms with Crippen molar-refractivity contribution in [1.29, 1.82) is 0 Å². The van der Waals surface area contributed by atoms with Crippen LogP contribution in [0.4, 0.5) is 0 Å². The first-order chi connectivity index (χ1) is 8.66. The van der Waals surface area contributed by atoms with Crippen molar-refractivity contribution in [3.8, 4) is 0 Å². The first-order valence-electron chi connectivity index (χ1n) is 5.33. The van der Waals surface area contributed by atoms with E-state index in [1.165, 1.54) is 0 Å². The molecule has 2 aromatic rings. The third-order valence-electron chi connectivity index (χ3n) is 2.25. The molecule has 0 aliphatic rings. The van der Waals surface area contributed by atoms with E-state index in [4.69, 9.17) is 3.85 Å². The van der Waals surface area contributed by atoms with Crippen LogP contribution in [0.3, 0.4) is 0 Å². The zero-order valence-electron chi connectivity index (χ0n) is 9.75. The maximum absolute atomic E-state index is 11.8. The minimum absolute atomic E-state index is 0.411. The van der Waals surface area contributed by atoms with E-state index in [9.17, 15) is 8.66 Å². The number of rotatable bonds is 3. The van der Waals surface area contributed by atoms with E-state index in [1.807, 2.05) is 19.1 Å². The van der Waals surface area contributed by atoms with Crippen molar-refractivity contribution in [2.75, 3.05) is 0 Å². The molecule has 0 fully saturated rings. The van der Waals surface area contributed by atoms with Crippen LogP contribution in [0.1, 0.15) is 15.9 Å². The summed E-state index contributed by atoms with van der Waals surface area (Å²) < 4.78 is 17.3. The summed E-state index contributed by atoms with van der Waals surface area (Å²) in [4.78, 5) is 11.8. The molecular weight excluding hydrogens is 275 g/mol. The molecule has 0 amide bonds. The molecule has 0 atom stereocenters. The van der Waals surface area contributed by atoms with Crippen LogP contribution in [-0.4, -0.2) is 5.97 Å². The molecule has 0 N–H and O–H groups in total. The SMILES string of the molecule is Cc1cccc(C(=O)[O][Co](=[O])[c]2ccccc2)c1. The van der Waals surface area contributed by atoms with Gasteiger partial charge in [-0.3, -0.25) is 0 Å². The molecule has 0 radical (unpaired) electrons. The first-order valence-corrected chi connectivity index (χ1v) is 6.70. The van der Waals surface area contributed by atoms with Crippen molar-refractivity contribution in [2.45, 2.75) is 6.92 Å². The van der Waals surface area contributed by atoms with Crippen molar-refractivity contribution in [3.05, 3.63) is 65.7 Å². The van der Waals surface area contributed by atoms with Crippen LogP contribution in [0.25, 0.3) is 0 Å². The fourth-order valence-corrected chi connectivity index (χ4v) is 2.31. The van der Waals surface area contributed by atoms with Gasteiger partial charge in [0.05, 0.1) is 0 Å². The van der Waals surface area contributed by atoms with Crippen molar-refractivity contribution >= 4 is 10.5 Å². The summed E-state index contributed by atoms with van der Waals surface area (Å²) in [5, 5.41) is 0. The number of aryl methyl sites for hydroxylation is 1. The molecule has 0 aliphatic heterocycles.